The third-order valence-electron chi connectivity index (χ3n) is 11.7. The van der Waals surface area contributed by atoms with E-state index in [0.29, 0.717) is 5.92 Å². The number of hydrogen-bond acceptors (Lipinski definition) is 0. The van der Waals surface area contributed by atoms with Crippen LogP contribution < -0.4 is 0 Å². The molecule has 0 aromatic heterocycles. The molecular formula is C45H49Cl2SiZr. The fourth-order valence-electron chi connectivity index (χ4n) is 8.92. The standard InChI is InChI=1S/C22H19.C21H23.C2H7Si.2ClH.Zr/c1-15(2)20-13-18-8-5-9-21(22(18)14-20)19-11-10-16-6-3-4-7-17(16)12-19;1-14-12-19-15(2)6-11-18(20(19)13-14)16-7-9-17(10-8-16)21(3,4)5;1-3-2;;;/h3-15H,1-2H3;6-13H,1-5H3;3H,1-2H3;2*1H;/q;;;;;+2/p-2. The molecule has 0 N–H and O–H groups in total. The van der Waals surface area contributed by atoms with E-state index >= 15 is 0 Å². The van der Waals surface area contributed by atoms with Gasteiger partial charge in [0.1, 0.15) is 0 Å². The van der Waals surface area contributed by atoms with Crippen molar-refractivity contribution in [3.8, 4) is 22.3 Å². The summed E-state index contributed by atoms with van der Waals surface area (Å²) in [6.07, 6.45) is 4.92. The van der Waals surface area contributed by atoms with Crippen LogP contribution in [0.25, 0.3) is 45.2 Å². The van der Waals surface area contributed by atoms with Crippen LogP contribution in [0.1, 0.15) is 82.2 Å². The van der Waals surface area contributed by atoms with Crippen LogP contribution in [0.2, 0.25) is 13.1 Å². The fraction of sp³-hybridized carbons (Fsp3) is 0.289. The number of halogens is 2. The summed E-state index contributed by atoms with van der Waals surface area (Å²) < 4.78 is 0.142. The summed E-state index contributed by atoms with van der Waals surface area (Å²) in [5.74, 6) is -1.33. The SMILES string of the molecule is CC1=Cc2c(-c3ccc(C(C)(C)C)cc3)ccc(C)c2[CH]1[Zr]([Cl])([Cl])([CH]1C(C(C)C)=Cc2c(-c3ccc4ccccc4c3)cccc21)[SiH](C)C. The van der Waals surface area contributed by atoms with E-state index in [2.05, 4.69) is 171 Å². The first-order valence-corrected chi connectivity index (χ1v) is 34.3. The molecule has 0 saturated carbocycles. The average molecular weight is 780 g/mol. The van der Waals surface area contributed by atoms with Gasteiger partial charge >= 0.3 is 305 Å². The molecule has 2 unspecified atom stereocenters. The van der Waals surface area contributed by atoms with Gasteiger partial charge in [-0.15, -0.1) is 0 Å². The zero-order valence-electron chi connectivity index (χ0n) is 30.5. The Balaban J connectivity index is 1.42. The van der Waals surface area contributed by atoms with E-state index in [1.807, 2.05) is 0 Å². The van der Waals surface area contributed by atoms with Gasteiger partial charge in [-0.05, 0) is 0 Å². The summed E-state index contributed by atoms with van der Waals surface area (Å²) in [4.78, 5) is 0. The van der Waals surface area contributed by atoms with Gasteiger partial charge in [-0.3, -0.25) is 0 Å². The van der Waals surface area contributed by atoms with Crippen molar-refractivity contribution < 1.29 is 15.6 Å². The molecule has 5 aromatic rings. The van der Waals surface area contributed by atoms with Crippen LogP contribution >= 0.6 is 17.0 Å². The first-order valence-electron chi connectivity index (χ1n) is 17.9. The van der Waals surface area contributed by atoms with Crippen molar-refractivity contribution in [3.63, 3.8) is 0 Å². The monoisotopic (exact) mass is 777 g/mol. The molecule has 0 bridgehead atoms. The van der Waals surface area contributed by atoms with Gasteiger partial charge in [0, 0.05) is 0 Å². The van der Waals surface area contributed by atoms with E-state index in [1.54, 1.807) is 0 Å². The third kappa shape index (κ3) is 5.56. The van der Waals surface area contributed by atoms with E-state index in [0.717, 1.165) is 0 Å². The molecule has 2 aliphatic rings. The van der Waals surface area contributed by atoms with Crippen LogP contribution in [0, 0.1) is 12.8 Å². The Hall–Kier alpha value is -2.48. The topological polar surface area (TPSA) is 0 Å². The molecule has 5 aromatic carbocycles. The molecule has 0 fully saturated rings. The molecule has 2 atom stereocenters. The van der Waals surface area contributed by atoms with Crippen molar-refractivity contribution in [2.75, 3.05) is 0 Å². The van der Waals surface area contributed by atoms with Crippen LogP contribution in [0.15, 0.2) is 108 Å². The van der Waals surface area contributed by atoms with Gasteiger partial charge in [0.25, 0.3) is 0 Å². The van der Waals surface area contributed by atoms with Gasteiger partial charge in [0.05, 0.1) is 0 Å². The number of benzene rings is 5. The van der Waals surface area contributed by atoms with Crippen molar-refractivity contribution in [2.24, 2.45) is 5.92 Å². The summed E-state index contributed by atoms with van der Waals surface area (Å²) in [5.41, 5.74) is 16.0. The Labute approximate surface area is 303 Å². The predicted molar refractivity (Wildman–Crippen MR) is 217 cm³/mol. The van der Waals surface area contributed by atoms with Gasteiger partial charge in [0.15, 0.2) is 0 Å². The quantitative estimate of drug-likeness (QED) is 0.151. The van der Waals surface area contributed by atoms with E-state index in [9.17, 15) is 0 Å². The molecule has 0 spiro atoms. The van der Waals surface area contributed by atoms with Gasteiger partial charge < -0.3 is 0 Å². The molecule has 0 aliphatic heterocycles. The van der Waals surface area contributed by atoms with Crippen molar-refractivity contribution >= 4 is 45.9 Å². The van der Waals surface area contributed by atoms with Crippen LogP contribution in [0.5, 0.6) is 0 Å². The van der Waals surface area contributed by atoms with Crippen molar-refractivity contribution in [3.05, 3.63) is 142 Å². The van der Waals surface area contributed by atoms with Crippen LogP contribution in [0.4, 0.5) is 0 Å². The fourth-order valence-corrected chi connectivity index (χ4v) is 41.2. The zero-order chi connectivity index (χ0) is 35.1. The van der Waals surface area contributed by atoms with E-state index in [4.69, 9.17) is 17.0 Å². The molecule has 7 rings (SSSR count). The Morgan fingerprint density at radius 2 is 1.33 bits per heavy atom. The Morgan fingerprint density at radius 3 is 1.98 bits per heavy atom. The maximum absolute atomic E-state index is 8.70. The molecule has 49 heavy (non-hydrogen) atoms. The molecule has 0 amide bonds. The van der Waals surface area contributed by atoms with Crippen molar-refractivity contribution in [1.82, 2.24) is 0 Å². The second kappa shape index (κ2) is 12.3. The first-order chi connectivity index (χ1) is 23.1. The van der Waals surface area contributed by atoms with Crippen LogP contribution in [-0.2, 0) is 21.0 Å². The summed E-state index contributed by atoms with van der Waals surface area (Å²) in [5, 5.41) is 2.52. The summed E-state index contributed by atoms with van der Waals surface area (Å²) in [7, 11) is 17.4. The number of rotatable bonds is 6. The van der Waals surface area contributed by atoms with Crippen LogP contribution in [-0.4, -0.2) is 5.92 Å². The van der Waals surface area contributed by atoms with E-state index in [-0.39, 0.29) is 12.7 Å². The predicted octanol–water partition coefficient (Wildman–Crippen LogP) is 14.0. The van der Waals surface area contributed by atoms with Gasteiger partial charge in [-0.2, -0.15) is 0 Å². The average Bonchev–Trinajstić information content (AvgIpc) is 3.65. The molecule has 4 heteroatoms. The zero-order valence-corrected chi connectivity index (χ0v) is 35.6. The molecule has 0 heterocycles. The Kier molecular flexibility index (Phi) is 8.80. The maximum atomic E-state index is 8.70. The summed E-state index contributed by atoms with van der Waals surface area (Å²) in [6, 6.07) is 36.2. The minimum atomic E-state index is -4.87. The molecule has 0 radical (unpaired) electrons. The summed E-state index contributed by atoms with van der Waals surface area (Å²) in [6.45, 7) is 21.0. The van der Waals surface area contributed by atoms with Gasteiger partial charge in [0.2, 0.25) is 0 Å². The number of aryl methyl sites for hydroxylation is 1. The van der Waals surface area contributed by atoms with E-state index < -0.39 is 21.5 Å². The molecule has 2 aliphatic carbocycles. The second-order valence-corrected chi connectivity index (χ2v) is 58.9. The number of hydrogen-bond donors (Lipinski definition) is 0. The third-order valence-corrected chi connectivity index (χ3v) is 63.6. The van der Waals surface area contributed by atoms with Gasteiger partial charge in [-0.1, -0.05) is 0 Å². The normalized spacial score (nSPS) is 18.3. The van der Waals surface area contributed by atoms with Crippen molar-refractivity contribution in [1.29, 1.82) is 0 Å². The number of allylic oxidation sites excluding steroid dienone is 2. The first kappa shape index (κ1) is 34.9. The Bertz CT molecular complexity index is 2180. The molecule has 0 nitrogen and oxygen atoms in total. The minimum absolute atomic E-state index is 0.0697. The van der Waals surface area contributed by atoms with Crippen LogP contribution in [0.3, 0.4) is 0 Å². The molecular weight excluding hydrogens is 731 g/mol. The molecule has 0 saturated heterocycles. The number of fused-ring (bicyclic) bond motifs is 3. The second-order valence-electron chi connectivity index (χ2n) is 16.4. The van der Waals surface area contributed by atoms with Crippen molar-refractivity contribution in [2.45, 2.75) is 74.2 Å². The van der Waals surface area contributed by atoms with Gasteiger partial charge in [-0.25, -0.2) is 0 Å². The Morgan fingerprint density at radius 1 is 0.673 bits per heavy atom. The molecule has 251 valence electrons. The summed E-state index contributed by atoms with van der Waals surface area (Å²) >= 11 is -4.87. The van der Waals surface area contributed by atoms with E-state index in [1.165, 1.54) is 77.6 Å².